The van der Waals surface area contributed by atoms with Crippen molar-refractivity contribution in [2.24, 2.45) is 0 Å². The summed E-state index contributed by atoms with van der Waals surface area (Å²) in [7, 11) is 0. The maximum atomic E-state index is 2.40. The van der Waals surface area contributed by atoms with Gasteiger partial charge >= 0.3 is 0 Å². The molecule has 0 aliphatic rings. The summed E-state index contributed by atoms with van der Waals surface area (Å²) in [5.74, 6) is 0. The van der Waals surface area contributed by atoms with Gasteiger partial charge in [-0.05, 0) is 260 Å². The van der Waals surface area contributed by atoms with Crippen LogP contribution in [0.1, 0.15) is 0 Å². The van der Waals surface area contributed by atoms with E-state index in [1.807, 2.05) is 0 Å². The van der Waals surface area contributed by atoms with Crippen molar-refractivity contribution in [1.82, 2.24) is 27.4 Å². The average molecular weight is 1760 g/mol. The highest BCUT2D eigenvalue weighted by atomic mass is 15.0. The lowest BCUT2D eigenvalue weighted by atomic mass is 10.0. The van der Waals surface area contributed by atoms with E-state index in [-0.39, 0.29) is 0 Å². The van der Waals surface area contributed by atoms with Gasteiger partial charge in [-0.3, -0.25) is 0 Å². The molecule has 6 aromatic heterocycles. The number of hydrogen-bond donors (Lipinski definition) is 0. The molecule has 6 heterocycles. The van der Waals surface area contributed by atoms with E-state index >= 15 is 0 Å². The van der Waals surface area contributed by atoms with Crippen molar-refractivity contribution in [3.63, 3.8) is 0 Å². The Hall–Kier alpha value is -18.4. The fourth-order valence-electron chi connectivity index (χ4n) is 21.5. The van der Waals surface area contributed by atoms with Crippen LogP contribution in [0.2, 0.25) is 0 Å². The maximum Gasteiger partial charge on any atom is 0.0541 e. The standard InChI is InChI=1S/C48H32N2.2C42H28N2/c1-3-12-33(13-4-1)35-22-26-39(27-23-35)49-45-20-9-7-18-41(45)43-31-37(24-28-47(43)49)38-25-29-48-44(32-38)42-19-8-10-21-46(42)50(48)40-17-11-16-36(30-40)34-14-5-2-6-15-34;1-3-12-29(13-4-1)30-14-11-17-34(26-30)44-40-21-10-8-19-36(40)38-28-32(23-25-42(38)44)31-22-24-41-37(27-31)35-18-7-9-20-39(35)43(41)33-15-5-2-6-16-33;1-3-11-29(12-4-1)30-19-23-34(24-20-30)44-40-18-10-8-16-36(40)38-28-32(22-26-42(38)44)31-21-25-41-37(27-31)35-15-7-9-17-39(35)43(41)33-13-5-2-6-14-33/h1-32H;2*1-28H. The van der Waals surface area contributed by atoms with Crippen molar-refractivity contribution in [3.8, 4) is 112 Å². The third-order valence-corrected chi connectivity index (χ3v) is 28.0. The third kappa shape index (κ3) is 14.0. The predicted octanol–water partition coefficient (Wildman–Crippen LogP) is 35.3. The van der Waals surface area contributed by atoms with Gasteiger partial charge in [-0.2, -0.15) is 0 Å². The Morgan fingerprint density at radius 3 is 0.457 bits per heavy atom. The molecule has 28 rings (SSSR count). The van der Waals surface area contributed by atoms with Crippen LogP contribution in [-0.4, -0.2) is 27.4 Å². The summed E-state index contributed by atoms with van der Waals surface area (Å²) >= 11 is 0. The minimum Gasteiger partial charge on any atom is -0.309 e. The van der Waals surface area contributed by atoms with Crippen LogP contribution < -0.4 is 0 Å². The SMILES string of the molecule is c1ccc(-c2ccc(-n3c4ccccc4c4cc(-c5ccc6c(c5)c5ccccc5n6-c5cccc(-c6ccccc6)c5)ccc43)cc2)cc1.c1ccc(-c2ccc(-n3c4ccccc4c4cc(-c5ccc6c(c5)c5ccccc5n6-c5ccccc5)ccc43)cc2)cc1.c1ccc(-c2cccc(-n3c4ccccc4c4cc(-c5ccc6c(c5)c5ccccc5n6-c5ccccc5)ccc43)c2)cc1. The Labute approximate surface area is 798 Å². The second-order valence-electron chi connectivity index (χ2n) is 35.8. The lowest BCUT2D eigenvalue weighted by Crippen LogP contribution is -1.94. The number of aromatic nitrogens is 6. The Balaban J connectivity index is 0.000000107. The van der Waals surface area contributed by atoms with Gasteiger partial charge in [0.2, 0.25) is 0 Å². The van der Waals surface area contributed by atoms with Gasteiger partial charge in [-0.25, -0.2) is 0 Å². The molecule has 138 heavy (non-hydrogen) atoms. The van der Waals surface area contributed by atoms with Crippen LogP contribution >= 0.6 is 0 Å². The van der Waals surface area contributed by atoms with E-state index in [9.17, 15) is 0 Å². The number of para-hydroxylation sites is 8. The Bertz CT molecular complexity index is 9530. The Kier molecular flexibility index (Phi) is 19.9. The fraction of sp³-hybridized carbons (Fsp3) is 0. The quantitative estimate of drug-likeness (QED) is 0.110. The van der Waals surface area contributed by atoms with E-state index in [4.69, 9.17) is 0 Å². The summed E-state index contributed by atoms with van der Waals surface area (Å²) in [6.45, 7) is 0. The van der Waals surface area contributed by atoms with Crippen molar-refractivity contribution in [2.75, 3.05) is 0 Å². The summed E-state index contributed by atoms with van der Waals surface area (Å²) < 4.78 is 14.3. The molecule has 0 amide bonds. The van der Waals surface area contributed by atoms with Crippen LogP contribution in [0.25, 0.3) is 243 Å². The predicted molar refractivity (Wildman–Crippen MR) is 583 cm³/mol. The summed E-state index contributed by atoms with van der Waals surface area (Å²) in [5, 5.41) is 15.1. The second kappa shape index (κ2) is 34.0. The zero-order chi connectivity index (χ0) is 91.1. The van der Waals surface area contributed by atoms with Gasteiger partial charge < -0.3 is 27.4 Å². The summed E-state index contributed by atoms with van der Waals surface area (Å²) in [6.07, 6.45) is 0. The van der Waals surface area contributed by atoms with Crippen LogP contribution in [0.5, 0.6) is 0 Å². The number of nitrogens with zero attached hydrogens (tertiary/aromatic N) is 6. The van der Waals surface area contributed by atoms with Gasteiger partial charge in [0.1, 0.15) is 0 Å². The fourth-order valence-corrected chi connectivity index (χ4v) is 21.5. The van der Waals surface area contributed by atoms with Gasteiger partial charge in [0.25, 0.3) is 0 Å². The Morgan fingerprint density at radius 1 is 0.0797 bits per heavy atom. The summed E-state index contributed by atoms with van der Waals surface area (Å²) in [6, 6.07) is 193. The zero-order valence-corrected chi connectivity index (χ0v) is 75.5. The smallest absolute Gasteiger partial charge is 0.0541 e. The van der Waals surface area contributed by atoms with E-state index in [0.717, 1.165) is 11.4 Å². The normalized spacial score (nSPS) is 11.6. The molecule has 0 radical (unpaired) electrons. The van der Waals surface area contributed by atoms with Crippen molar-refractivity contribution < 1.29 is 0 Å². The second-order valence-corrected chi connectivity index (χ2v) is 35.8. The lowest BCUT2D eigenvalue weighted by molar-refractivity contribution is 1.18. The molecule has 6 heteroatoms. The molecule has 0 aliphatic carbocycles. The van der Waals surface area contributed by atoms with Crippen molar-refractivity contribution in [1.29, 1.82) is 0 Å². The van der Waals surface area contributed by atoms with Gasteiger partial charge in [-0.15, -0.1) is 0 Å². The molecule has 0 unspecified atom stereocenters. The van der Waals surface area contributed by atoms with Crippen LogP contribution in [0, 0.1) is 0 Å². The van der Waals surface area contributed by atoms with E-state index in [1.54, 1.807) is 0 Å². The molecule has 0 fully saturated rings. The molecule has 6 nitrogen and oxygen atoms in total. The lowest BCUT2D eigenvalue weighted by Gasteiger charge is -2.11. The van der Waals surface area contributed by atoms with Gasteiger partial charge in [0, 0.05) is 98.8 Å². The minimum absolute atomic E-state index is 1.16. The first-order valence-electron chi connectivity index (χ1n) is 47.4. The highest BCUT2D eigenvalue weighted by Crippen LogP contribution is 2.45. The molecule has 0 atom stereocenters. The zero-order valence-electron chi connectivity index (χ0n) is 75.5. The van der Waals surface area contributed by atoms with Gasteiger partial charge in [0.15, 0.2) is 0 Å². The molecule has 0 saturated carbocycles. The van der Waals surface area contributed by atoms with Crippen LogP contribution in [0.3, 0.4) is 0 Å². The van der Waals surface area contributed by atoms with Gasteiger partial charge in [-0.1, -0.05) is 352 Å². The average Bonchev–Trinajstić information content (AvgIpc) is 1.59. The van der Waals surface area contributed by atoms with E-state index in [2.05, 4.69) is 561 Å². The first kappa shape index (κ1) is 80.5. The van der Waals surface area contributed by atoms with E-state index in [0.29, 0.717) is 0 Å². The molecule has 646 valence electrons. The number of hydrogen-bond acceptors (Lipinski definition) is 0. The highest BCUT2D eigenvalue weighted by Gasteiger charge is 2.23. The van der Waals surface area contributed by atoms with Crippen LogP contribution in [-0.2, 0) is 0 Å². The summed E-state index contributed by atoms with van der Waals surface area (Å²) in [4.78, 5) is 0. The van der Waals surface area contributed by atoms with Crippen molar-refractivity contribution >= 4 is 131 Å². The molecule has 0 bridgehead atoms. The number of rotatable bonds is 13. The molecule has 0 spiro atoms. The highest BCUT2D eigenvalue weighted by molar-refractivity contribution is 6.17. The van der Waals surface area contributed by atoms with Gasteiger partial charge in [0.05, 0.1) is 66.2 Å². The minimum atomic E-state index is 1.16. The molecular formula is C132H88N6. The largest absolute Gasteiger partial charge is 0.309 e. The van der Waals surface area contributed by atoms with Crippen molar-refractivity contribution in [3.05, 3.63) is 534 Å². The maximum absolute atomic E-state index is 2.40. The molecule has 0 saturated heterocycles. The first-order chi connectivity index (χ1) is 68.5. The third-order valence-electron chi connectivity index (χ3n) is 28.0. The monoisotopic (exact) mass is 1760 g/mol. The molecule has 22 aromatic carbocycles. The van der Waals surface area contributed by atoms with Crippen molar-refractivity contribution in [2.45, 2.75) is 0 Å². The molecule has 0 N–H and O–H groups in total. The van der Waals surface area contributed by atoms with E-state index < -0.39 is 0 Å². The molecule has 0 aliphatic heterocycles. The summed E-state index contributed by atoms with van der Waals surface area (Å²) in [5.41, 5.74) is 38.7. The Morgan fingerprint density at radius 2 is 0.225 bits per heavy atom. The number of fused-ring (bicyclic) bond motifs is 18. The van der Waals surface area contributed by atoms with E-state index in [1.165, 1.54) is 231 Å². The molecular weight excluding hydrogens is 1670 g/mol. The first-order valence-corrected chi connectivity index (χ1v) is 47.4. The van der Waals surface area contributed by atoms with Crippen LogP contribution in [0.4, 0.5) is 0 Å². The topological polar surface area (TPSA) is 29.6 Å². The van der Waals surface area contributed by atoms with Crippen LogP contribution in [0.15, 0.2) is 534 Å². The molecule has 28 aromatic rings. The number of benzene rings is 22.